The summed E-state index contributed by atoms with van der Waals surface area (Å²) in [6, 6.07) is 17.8. The van der Waals surface area contributed by atoms with Crippen LogP contribution in [0.4, 0.5) is 11.4 Å². The first-order chi connectivity index (χ1) is 13.5. The fraction of sp³-hybridized carbons (Fsp3) is 0. The van der Waals surface area contributed by atoms with E-state index >= 15 is 0 Å². The molecule has 0 bridgehead atoms. The predicted molar refractivity (Wildman–Crippen MR) is 106 cm³/mol. The number of aromatic nitrogens is 1. The van der Waals surface area contributed by atoms with Crippen LogP contribution in [0.2, 0.25) is 5.02 Å². The van der Waals surface area contributed by atoms with Gasteiger partial charge in [0.2, 0.25) is 5.89 Å². The number of fused-ring (bicyclic) bond motifs is 1. The molecule has 0 aliphatic heterocycles. The molecule has 1 amide bonds. The van der Waals surface area contributed by atoms with Crippen LogP contribution in [0.5, 0.6) is 0 Å². The molecule has 0 aliphatic carbocycles. The van der Waals surface area contributed by atoms with Gasteiger partial charge in [0.25, 0.3) is 11.6 Å². The number of hydrogen-bond donors (Lipinski definition) is 1. The van der Waals surface area contributed by atoms with E-state index < -0.39 is 10.8 Å². The maximum absolute atomic E-state index is 12.5. The summed E-state index contributed by atoms with van der Waals surface area (Å²) in [5.74, 6) is -0.286. The number of rotatable bonds is 4. The Balaban J connectivity index is 1.68. The van der Waals surface area contributed by atoms with Crippen molar-refractivity contribution in [3.8, 4) is 11.5 Å². The summed E-state index contributed by atoms with van der Waals surface area (Å²) >= 11 is 6.28. The molecular weight excluding hydrogens is 382 g/mol. The van der Waals surface area contributed by atoms with Crippen molar-refractivity contribution in [3.05, 3.63) is 87.4 Å². The molecule has 0 spiro atoms. The van der Waals surface area contributed by atoms with Gasteiger partial charge in [0.1, 0.15) is 11.1 Å². The van der Waals surface area contributed by atoms with Crippen molar-refractivity contribution in [3.63, 3.8) is 0 Å². The third-order valence-corrected chi connectivity index (χ3v) is 4.42. The van der Waals surface area contributed by atoms with Crippen molar-refractivity contribution < 1.29 is 14.1 Å². The van der Waals surface area contributed by atoms with Crippen LogP contribution in [0, 0.1) is 10.1 Å². The topological polar surface area (TPSA) is 98.3 Å². The van der Waals surface area contributed by atoms with E-state index in [2.05, 4.69) is 10.3 Å². The van der Waals surface area contributed by atoms with Crippen LogP contribution in [0.25, 0.3) is 22.6 Å². The summed E-state index contributed by atoms with van der Waals surface area (Å²) in [6.45, 7) is 0. The van der Waals surface area contributed by atoms with Crippen LogP contribution < -0.4 is 5.32 Å². The molecule has 0 atom stereocenters. The number of para-hydroxylation sites is 3. The van der Waals surface area contributed by atoms with Gasteiger partial charge in [0.05, 0.1) is 15.5 Å². The van der Waals surface area contributed by atoms with Gasteiger partial charge >= 0.3 is 0 Å². The minimum atomic E-state index is -0.599. The van der Waals surface area contributed by atoms with E-state index in [1.54, 1.807) is 30.3 Å². The molecule has 0 radical (unpaired) electrons. The van der Waals surface area contributed by atoms with Crippen LogP contribution in [0.15, 0.2) is 71.1 Å². The molecule has 7 nitrogen and oxygen atoms in total. The lowest BCUT2D eigenvalue weighted by Crippen LogP contribution is -2.13. The average Bonchev–Trinajstić information content (AvgIpc) is 3.13. The fourth-order valence-electron chi connectivity index (χ4n) is 2.78. The third kappa shape index (κ3) is 3.30. The van der Waals surface area contributed by atoms with Crippen molar-refractivity contribution in [2.24, 2.45) is 0 Å². The molecule has 4 aromatic rings. The second kappa shape index (κ2) is 7.13. The summed E-state index contributed by atoms with van der Waals surface area (Å²) < 4.78 is 5.73. The number of nitro benzene ring substituents is 1. The molecule has 138 valence electrons. The molecule has 0 aliphatic rings. The van der Waals surface area contributed by atoms with E-state index in [0.29, 0.717) is 33.3 Å². The minimum absolute atomic E-state index is 0.0362. The highest BCUT2D eigenvalue weighted by atomic mass is 35.5. The molecule has 0 saturated carbocycles. The van der Waals surface area contributed by atoms with Gasteiger partial charge in [-0.15, -0.1) is 0 Å². The highest BCUT2D eigenvalue weighted by Gasteiger charge is 2.20. The summed E-state index contributed by atoms with van der Waals surface area (Å²) in [6.07, 6.45) is 0. The summed E-state index contributed by atoms with van der Waals surface area (Å²) in [7, 11) is 0. The molecule has 3 aromatic carbocycles. The Labute approximate surface area is 163 Å². The van der Waals surface area contributed by atoms with E-state index in [4.69, 9.17) is 16.0 Å². The zero-order valence-electron chi connectivity index (χ0n) is 14.3. The van der Waals surface area contributed by atoms with Crippen molar-refractivity contribution in [1.82, 2.24) is 4.98 Å². The molecule has 1 heterocycles. The third-order valence-electron chi connectivity index (χ3n) is 4.09. The van der Waals surface area contributed by atoms with Gasteiger partial charge in [-0.25, -0.2) is 4.98 Å². The molecular formula is C20H12ClN3O4. The predicted octanol–water partition coefficient (Wildman–Crippen LogP) is 5.31. The number of hydrogen-bond acceptors (Lipinski definition) is 5. The molecule has 4 rings (SSSR count). The molecule has 8 heteroatoms. The highest BCUT2D eigenvalue weighted by Crippen LogP contribution is 2.32. The van der Waals surface area contributed by atoms with E-state index in [1.807, 2.05) is 18.2 Å². The van der Waals surface area contributed by atoms with Crippen LogP contribution >= 0.6 is 11.6 Å². The van der Waals surface area contributed by atoms with Crippen molar-refractivity contribution in [2.75, 3.05) is 5.32 Å². The molecule has 28 heavy (non-hydrogen) atoms. The van der Waals surface area contributed by atoms with Gasteiger partial charge in [-0.2, -0.15) is 0 Å². The van der Waals surface area contributed by atoms with Gasteiger partial charge in [0.15, 0.2) is 5.58 Å². The first kappa shape index (κ1) is 17.7. The first-order valence-corrected chi connectivity index (χ1v) is 8.61. The normalized spacial score (nSPS) is 10.8. The molecule has 1 N–H and O–H groups in total. The van der Waals surface area contributed by atoms with E-state index in [-0.39, 0.29) is 11.3 Å². The van der Waals surface area contributed by atoms with Gasteiger partial charge in [-0.3, -0.25) is 14.9 Å². The molecule has 1 aromatic heterocycles. The largest absolute Gasteiger partial charge is 0.436 e. The van der Waals surface area contributed by atoms with Crippen molar-refractivity contribution >= 4 is 40.0 Å². The maximum Gasteiger partial charge on any atom is 0.282 e. The number of halogens is 1. The second-order valence-corrected chi connectivity index (χ2v) is 6.32. The zero-order valence-corrected chi connectivity index (χ0v) is 15.0. The number of anilines is 1. The highest BCUT2D eigenvalue weighted by molar-refractivity contribution is 6.33. The van der Waals surface area contributed by atoms with E-state index in [9.17, 15) is 14.9 Å². The maximum atomic E-state index is 12.5. The smallest absolute Gasteiger partial charge is 0.282 e. The Bertz CT molecular complexity index is 1190. The Morgan fingerprint density at radius 2 is 1.82 bits per heavy atom. The Morgan fingerprint density at radius 3 is 2.61 bits per heavy atom. The van der Waals surface area contributed by atoms with E-state index in [1.165, 1.54) is 18.2 Å². The van der Waals surface area contributed by atoms with E-state index in [0.717, 1.165) is 0 Å². The monoisotopic (exact) mass is 393 g/mol. The zero-order chi connectivity index (χ0) is 19.7. The standard InChI is InChI=1S/C20H12ClN3O4/c21-15-10-9-12(22-19(25)13-5-1-3-7-17(13)24(26)27)11-14(15)20-23-16-6-2-4-8-18(16)28-20/h1-11H,(H,22,25). The summed E-state index contributed by atoms with van der Waals surface area (Å²) in [5, 5.41) is 14.2. The average molecular weight is 394 g/mol. The number of benzene rings is 3. The molecule has 0 fully saturated rings. The van der Waals surface area contributed by atoms with Crippen LogP contribution in [-0.4, -0.2) is 15.8 Å². The van der Waals surface area contributed by atoms with Crippen molar-refractivity contribution in [1.29, 1.82) is 0 Å². The number of oxazole rings is 1. The number of nitro groups is 1. The number of nitrogens with one attached hydrogen (secondary N) is 1. The number of carbonyl (C=O) groups excluding carboxylic acids is 1. The quantitative estimate of drug-likeness (QED) is 0.374. The Hall–Kier alpha value is -3.71. The van der Waals surface area contributed by atoms with Gasteiger partial charge < -0.3 is 9.73 Å². The van der Waals surface area contributed by atoms with Crippen LogP contribution in [0.3, 0.4) is 0 Å². The number of amides is 1. The van der Waals surface area contributed by atoms with Crippen LogP contribution in [0.1, 0.15) is 10.4 Å². The van der Waals surface area contributed by atoms with Crippen molar-refractivity contribution in [2.45, 2.75) is 0 Å². The molecule has 0 saturated heterocycles. The lowest BCUT2D eigenvalue weighted by molar-refractivity contribution is -0.385. The van der Waals surface area contributed by atoms with Crippen LogP contribution in [-0.2, 0) is 0 Å². The Morgan fingerprint density at radius 1 is 1.07 bits per heavy atom. The number of carbonyl (C=O) groups is 1. The minimum Gasteiger partial charge on any atom is -0.436 e. The lowest BCUT2D eigenvalue weighted by Gasteiger charge is -2.08. The van der Waals surface area contributed by atoms with Gasteiger partial charge in [0, 0.05) is 11.8 Å². The summed E-state index contributed by atoms with van der Waals surface area (Å²) in [4.78, 5) is 27.5. The first-order valence-electron chi connectivity index (χ1n) is 8.23. The van der Waals surface area contributed by atoms with Gasteiger partial charge in [-0.1, -0.05) is 35.9 Å². The lowest BCUT2D eigenvalue weighted by atomic mass is 10.1. The number of nitrogens with zero attached hydrogens (tertiary/aromatic N) is 2. The Kier molecular flexibility index (Phi) is 4.50. The SMILES string of the molecule is O=C(Nc1ccc(Cl)c(-c2nc3ccccc3o2)c1)c1ccccc1[N+](=O)[O-]. The second-order valence-electron chi connectivity index (χ2n) is 5.91. The van der Waals surface area contributed by atoms with Gasteiger partial charge in [-0.05, 0) is 36.4 Å². The summed E-state index contributed by atoms with van der Waals surface area (Å²) in [5.41, 5.74) is 1.90. The molecule has 0 unspecified atom stereocenters. The fourth-order valence-corrected chi connectivity index (χ4v) is 2.98.